The van der Waals surface area contributed by atoms with Crippen LogP contribution in [0.15, 0.2) is 53.9 Å². The van der Waals surface area contributed by atoms with Crippen LogP contribution in [-0.4, -0.2) is 32.3 Å². The molecule has 0 aliphatic heterocycles. The number of aromatic hydroxyl groups is 2. The molecule has 0 saturated heterocycles. The predicted octanol–water partition coefficient (Wildman–Crippen LogP) is 4.49. The van der Waals surface area contributed by atoms with Crippen LogP contribution in [0.3, 0.4) is 0 Å². The van der Waals surface area contributed by atoms with E-state index in [9.17, 15) is 15.0 Å². The molecule has 2 aromatic heterocycles. The molecular formula is C24H21N5O3S. The number of hydrogen-bond acceptors (Lipinski definition) is 8. The molecule has 166 valence electrons. The molecule has 0 saturated carbocycles. The number of carbonyl (C=O) groups excluding carboxylic acids is 1. The second kappa shape index (κ2) is 8.87. The van der Waals surface area contributed by atoms with E-state index in [1.807, 2.05) is 6.07 Å². The number of fused-ring (bicyclic) bond motifs is 3. The van der Waals surface area contributed by atoms with Crippen LogP contribution in [0.1, 0.15) is 39.2 Å². The molecule has 0 fully saturated rings. The first-order valence-corrected chi connectivity index (χ1v) is 11.4. The lowest BCUT2D eigenvalue weighted by atomic mass is 9.97. The molecule has 0 bridgehead atoms. The second-order valence-corrected chi connectivity index (χ2v) is 8.85. The lowest BCUT2D eigenvalue weighted by Crippen LogP contribution is -2.17. The fourth-order valence-electron chi connectivity index (χ4n) is 3.91. The molecule has 5 rings (SSSR count). The van der Waals surface area contributed by atoms with Gasteiger partial charge in [0.15, 0.2) is 11.5 Å². The first kappa shape index (κ1) is 20.9. The summed E-state index contributed by atoms with van der Waals surface area (Å²) in [5.74, 6) is -0.0973. The van der Waals surface area contributed by atoms with E-state index in [4.69, 9.17) is 0 Å². The third-order valence-electron chi connectivity index (χ3n) is 5.52. The number of phenolic OH excluding ortho intramolecular Hbond substituents is 2. The quantitative estimate of drug-likeness (QED) is 0.198. The van der Waals surface area contributed by atoms with Gasteiger partial charge in [0.25, 0.3) is 5.91 Å². The number of rotatable bonds is 5. The van der Waals surface area contributed by atoms with Crippen molar-refractivity contribution in [3.8, 4) is 11.5 Å². The highest BCUT2D eigenvalue weighted by Crippen LogP contribution is 2.38. The van der Waals surface area contributed by atoms with Crippen LogP contribution in [0.5, 0.6) is 11.5 Å². The van der Waals surface area contributed by atoms with E-state index >= 15 is 0 Å². The van der Waals surface area contributed by atoms with Gasteiger partial charge in [-0.3, -0.25) is 4.79 Å². The van der Waals surface area contributed by atoms with Gasteiger partial charge in [-0.15, -0.1) is 11.3 Å². The van der Waals surface area contributed by atoms with Gasteiger partial charge in [-0.2, -0.15) is 5.10 Å². The Kier molecular flexibility index (Phi) is 5.62. The number of nitrogens with one attached hydrogen (secondary N) is 2. The molecule has 1 aliphatic rings. The van der Waals surface area contributed by atoms with Crippen molar-refractivity contribution < 1.29 is 15.0 Å². The summed E-state index contributed by atoms with van der Waals surface area (Å²) >= 11 is 1.74. The minimum absolute atomic E-state index is 0.218. The second-order valence-electron chi connectivity index (χ2n) is 7.77. The Morgan fingerprint density at radius 3 is 2.82 bits per heavy atom. The maximum atomic E-state index is 12.6. The number of hydrazone groups is 1. The molecular weight excluding hydrogens is 438 g/mol. The fraction of sp³-hybridized carbons (Fsp3) is 0.167. The van der Waals surface area contributed by atoms with Gasteiger partial charge in [0.05, 0.1) is 11.6 Å². The average molecular weight is 460 g/mol. The van der Waals surface area contributed by atoms with Crippen molar-refractivity contribution in [2.45, 2.75) is 25.7 Å². The van der Waals surface area contributed by atoms with Crippen LogP contribution in [0.4, 0.5) is 11.5 Å². The number of thiophene rings is 1. The van der Waals surface area contributed by atoms with Crippen LogP contribution >= 0.6 is 11.3 Å². The summed E-state index contributed by atoms with van der Waals surface area (Å²) < 4.78 is 0. The van der Waals surface area contributed by atoms with Crippen molar-refractivity contribution in [3.63, 3.8) is 0 Å². The minimum Gasteiger partial charge on any atom is -0.504 e. The number of aromatic nitrogens is 2. The molecule has 1 aliphatic carbocycles. The highest BCUT2D eigenvalue weighted by Gasteiger charge is 2.20. The lowest BCUT2D eigenvalue weighted by Gasteiger charge is -2.12. The number of hydrogen-bond donors (Lipinski definition) is 4. The van der Waals surface area contributed by atoms with Gasteiger partial charge in [0.1, 0.15) is 17.0 Å². The van der Waals surface area contributed by atoms with Crippen LogP contribution < -0.4 is 10.7 Å². The van der Waals surface area contributed by atoms with E-state index in [0.717, 1.165) is 34.6 Å². The number of benzene rings is 2. The van der Waals surface area contributed by atoms with Gasteiger partial charge in [-0.05, 0) is 73.2 Å². The van der Waals surface area contributed by atoms with E-state index in [-0.39, 0.29) is 17.4 Å². The molecule has 1 amide bonds. The normalized spacial score (nSPS) is 13.2. The van der Waals surface area contributed by atoms with Gasteiger partial charge >= 0.3 is 0 Å². The molecule has 4 N–H and O–H groups in total. The van der Waals surface area contributed by atoms with E-state index in [2.05, 4.69) is 25.8 Å². The topological polar surface area (TPSA) is 120 Å². The van der Waals surface area contributed by atoms with Crippen molar-refractivity contribution in [1.82, 2.24) is 15.4 Å². The molecule has 33 heavy (non-hydrogen) atoms. The van der Waals surface area contributed by atoms with Crippen molar-refractivity contribution >= 4 is 45.2 Å². The molecule has 0 atom stereocenters. The summed E-state index contributed by atoms with van der Waals surface area (Å²) in [6.07, 6.45) is 7.47. The van der Waals surface area contributed by atoms with Gasteiger partial charge in [-0.1, -0.05) is 6.07 Å². The lowest BCUT2D eigenvalue weighted by molar-refractivity contribution is 0.0955. The smallest absolute Gasteiger partial charge is 0.271 e. The van der Waals surface area contributed by atoms with Crippen LogP contribution in [0.25, 0.3) is 10.2 Å². The van der Waals surface area contributed by atoms with Crippen LogP contribution in [0.2, 0.25) is 0 Å². The number of phenols is 2. The van der Waals surface area contributed by atoms with Crippen molar-refractivity contribution in [2.24, 2.45) is 5.10 Å². The zero-order chi connectivity index (χ0) is 22.8. The summed E-state index contributed by atoms with van der Waals surface area (Å²) in [7, 11) is 0. The number of aryl methyl sites for hydroxylation is 2. The van der Waals surface area contributed by atoms with Crippen molar-refractivity contribution in [3.05, 3.63) is 70.4 Å². The van der Waals surface area contributed by atoms with E-state index in [1.54, 1.807) is 41.9 Å². The predicted molar refractivity (Wildman–Crippen MR) is 129 cm³/mol. The first-order valence-electron chi connectivity index (χ1n) is 10.6. The highest BCUT2D eigenvalue weighted by atomic mass is 32.1. The highest BCUT2D eigenvalue weighted by molar-refractivity contribution is 7.19. The van der Waals surface area contributed by atoms with E-state index in [1.165, 1.54) is 41.6 Å². The summed E-state index contributed by atoms with van der Waals surface area (Å²) in [6, 6.07) is 11.4. The molecule has 0 spiro atoms. The van der Waals surface area contributed by atoms with Gasteiger partial charge in [-0.25, -0.2) is 15.4 Å². The summed E-state index contributed by atoms with van der Waals surface area (Å²) in [5, 5.41) is 27.3. The maximum Gasteiger partial charge on any atom is 0.271 e. The number of nitrogens with zero attached hydrogens (tertiary/aromatic N) is 3. The Bertz CT molecular complexity index is 1380. The number of anilines is 2. The van der Waals surface area contributed by atoms with Gasteiger partial charge < -0.3 is 15.5 Å². The van der Waals surface area contributed by atoms with E-state index < -0.39 is 0 Å². The SMILES string of the molecule is O=C(N/N=C/c1ccc(O)c(O)c1)c1cccc(Nc2ncnc3sc4c(c23)CCCC4)c1. The molecule has 2 heterocycles. The molecule has 2 aromatic carbocycles. The molecule has 4 aromatic rings. The Balaban J connectivity index is 1.33. The zero-order valence-electron chi connectivity index (χ0n) is 17.6. The Labute approximate surface area is 193 Å². The number of amides is 1. The largest absolute Gasteiger partial charge is 0.504 e. The Hall–Kier alpha value is -3.98. The van der Waals surface area contributed by atoms with Crippen molar-refractivity contribution in [1.29, 1.82) is 0 Å². The standard InChI is InChI=1S/C24H21N5O3S/c30-18-9-8-14(10-19(18)31)12-27-29-23(32)15-4-3-5-16(11-15)28-22-21-17-6-1-2-7-20(17)33-24(21)26-13-25-22/h3-5,8-13,30-31H,1-2,6-7H2,(H,29,32)(H,25,26,28)/b27-12+. The van der Waals surface area contributed by atoms with Crippen LogP contribution in [-0.2, 0) is 12.8 Å². The average Bonchev–Trinajstić information content (AvgIpc) is 3.21. The van der Waals surface area contributed by atoms with Gasteiger partial charge in [0.2, 0.25) is 0 Å². The van der Waals surface area contributed by atoms with E-state index in [0.29, 0.717) is 11.1 Å². The third-order valence-corrected chi connectivity index (χ3v) is 6.72. The van der Waals surface area contributed by atoms with Crippen LogP contribution in [0, 0.1) is 0 Å². The summed E-state index contributed by atoms with van der Waals surface area (Å²) in [4.78, 5) is 23.9. The first-order chi connectivity index (χ1) is 16.1. The van der Waals surface area contributed by atoms with Gasteiger partial charge in [0, 0.05) is 16.1 Å². The monoisotopic (exact) mass is 459 g/mol. The van der Waals surface area contributed by atoms with Crippen molar-refractivity contribution in [2.75, 3.05) is 5.32 Å². The minimum atomic E-state index is -0.376. The maximum absolute atomic E-state index is 12.6. The Morgan fingerprint density at radius 2 is 1.94 bits per heavy atom. The zero-order valence-corrected chi connectivity index (χ0v) is 18.4. The summed E-state index contributed by atoms with van der Waals surface area (Å²) in [5.41, 5.74) is 5.52. The summed E-state index contributed by atoms with van der Waals surface area (Å²) in [6.45, 7) is 0. The molecule has 9 heteroatoms. The Morgan fingerprint density at radius 1 is 1.06 bits per heavy atom. The molecule has 0 unspecified atom stereocenters. The molecule has 0 radical (unpaired) electrons. The fourth-order valence-corrected chi connectivity index (χ4v) is 5.14. The number of carbonyl (C=O) groups is 1. The molecule has 8 nitrogen and oxygen atoms in total. The third kappa shape index (κ3) is 4.35.